The van der Waals surface area contributed by atoms with Gasteiger partial charge in [-0.2, -0.15) is 0 Å². The van der Waals surface area contributed by atoms with E-state index >= 15 is 0 Å². The lowest BCUT2D eigenvalue weighted by molar-refractivity contribution is 0.102. The van der Waals surface area contributed by atoms with Crippen LogP contribution < -0.4 is 5.32 Å². The Morgan fingerprint density at radius 2 is 1.48 bits per heavy atom. The van der Waals surface area contributed by atoms with E-state index in [1.165, 1.54) is 28.0 Å². The first kappa shape index (κ1) is 19.1. The van der Waals surface area contributed by atoms with Crippen molar-refractivity contribution in [2.45, 2.75) is 20.8 Å². The quantitative estimate of drug-likeness (QED) is 0.418. The molecule has 0 aliphatic carbocycles. The number of amides is 1. The van der Waals surface area contributed by atoms with Crippen LogP contribution in [0.1, 0.15) is 27.0 Å². The summed E-state index contributed by atoms with van der Waals surface area (Å²) in [4.78, 5) is 17.3. The number of nitrogens with zero attached hydrogens (tertiary/aromatic N) is 1. The zero-order chi connectivity index (χ0) is 20.4. The van der Waals surface area contributed by atoms with Crippen molar-refractivity contribution in [3.63, 3.8) is 0 Å². The number of hydrogen-bond donors (Lipinski definition) is 1. The summed E-state index contributed by atoms with van der Waals surface area (Å²) in [6.45, 7) is 6.31. The van der Waals surface area contributed by atoms with Gasteiger partial charge in [0.2, 0.25) is 0 Å². The number of carbonyl (C=O) groups is 1. The molecule has 3 nitrogen and oxygen atoms in total. The molecular weight excluding hydrogens is 376 g/mol. The second kappa shape index (κ2) is 8.02. The number of benzene rings is 3. The molecular formula is C25H22N2OS. The van der Waals surface area contributed by atoms with E-state index in [-0.39, 0.29) is 5.91 Å². The van der Waals surface area contributed by atoms with E-state index in [0.717, 1.165) is 22.4 Å². The van der Waals surface area contributed by atoms with Gasteiger partial charge in [0.1, 0.15) is 0 Å². The van der Waals surface area contributed by atoms with E-state index in [1.807, 2.05) is 47.8 Å². The molecule has 144 valence electrons. The molecule has 0 fully saturated rings. The molecule has 1 N–H and O–H groups in total. The normalized spacial score (nSPS) is 10.7. The largest absolute Gasteiger partial charge is 0.298 e. The molecule has 1 heterocycles. The number of aromatic nitrogens is 1. The van der Waals surface area contributed by atoms with Crippen LogP contribution in [0.25, 0.3) is 22.4 Å². The van der Waals surface area contributed by atoms with Gasteiger partial charge in [-0.25, -0.2) is 4.98 Å². The van der Waals surface area contributed by atoms with Crippen LogP contribution in [0.4, 0.5) is 5.13 Å². The summed E-state index contributed by atoms with van der Waals surface area (Å²) in [5.74, 6) is -0.151. The van der Waals surface area contributed by atoms with Crippen LogP contribution in [-0.2, 0) is 0 Å². The van der Waals surface area contributed by atoms with Gasteiger partial charge < -0.3 is 0 Å². The van der Waals surface area contributed by atoms with Gasteiger partial charge in [-0.3, -0.25) is 10.1 Å². The predicted molar refractivity (Wildman–Crippen MR) is 122 cm³/mol. The monoisotopic (exact) mass is 398 g/mol. The first-order valence-electron chi connectivity index (χ1n) is 9.52. The predicted octanol–water partition coefficient (Wildman–Crippen LogP) is 6.65. The van der Waals surface area contributed by atoms with Crippen molar-refractivity contribution < 1.29 is 4.79 Å². The average Bonchev–Trinajstić information content (AvgIpc) is 3.19. The summed E-state index contributed by atoms with van der Waals surface area (Å²) in [6.07, 6.45) is 0. The third-order valence-corrected chi connectivity index (χ3v) is 5.85. The highest BCUT2D eigenvalue weighted by Crippen LogP contribution is 2.29. The number of aryl methyl sites for hydroxylation is 3. The average molecular weight is 399 g/mol. The van der Waals surface area contributed by atoms with E-state index in [0.29, 0.717) is 10.7 Å². The molecule has 0 spiro atoms. The highest BCUT2D eigenvalue weighted by atomic mass is 32.1. The minimum absolute atomic E-state index is 0.151. The fourth-order valence-corrected chi connectivity index (χ4v) is 4.01. The van der Waals surface area contributed by atoms with Crippen LogP contribution in [0.5, 0.6) is 0 Å². The minimum Gasteiger partial charge on any atom is -0.298 e. The van der Waals surface area contributed by atoms with E-state index in [1.54, 1.807) is 0 Å². The maximum absolute atomic E-state index is 12.6. The Labute approximate surface area is 175 Å². The van der Waals surface area contributed by atoms with Gasteiger partial charge in [0, 0.05) is 16.5 Å². The second-order valence-corrected chi connectivity index (χ2v) is 8.04. The van der Waals surface area contributed by atoms with Crippen LogP contribution in [0.2, 0.25) is 0 Å². The Hall–Kier alpha value is -3.24. The molecule has 3 aromatic carbocycles. The number of hydrogen-bond acceptors (Lipinski definition) is 3. The standard InChI is InChI=1S/C25H22N2OS/c1-16-13-18(3)22(14-17(16)2)23-15-29-25(26-23)27-24(28)21-11-9-20(10-12-21)19-7-5-4-6-8-19/h4-15H,1-3H3,(H,26,27,28). The molecule has 0 bridgehead atoms. The summed E-state index contributed by atoms with van der Waals surface area (Å²) in [6, 6.07) is 22.1. The third kappa shape index (κ3) is 4.13. The maximum Gasteiger partial charge on any atom is 0.257 e. The summed E-state index contributed by atoms with van der Waals surface area (Å²) in [5, 5.41) is 5.52. The van der Waals surface area contributed by atoms with E-state index in [9.17, 15) is 4.79 Å². The van der Waals surface area contributed by atoms with Crippen LogP contribution >= 0.6 is 11.3 Å². The summed E-state index contributed by atoms with van der Waals surface area (Å²) < 4.78 is 0. The Morgan fingerprint density at radius 3 is 2.21 bits per heavy atom. The number of carbonyl (C=O) groups excluding carboxylic acids is 1. The number of nitrogens with one attached hydrogen (secondary N) is 1. The summed E-state index contributed by atoms with van der Waals surface area (Å²) >= 11 is 1.44. The van der Waals surface area contributed by atoms with E-state index in [2.05, 4.69) is 55.3 Å². The third-order valence-electron chi connectivity index (χ3n) is 5.10. The van der Waals surface area contributed by atoms with Crippen LogP contribution in [0.3, 0.4) is 0 Å². The van der Waals surface area contributed by atoms with Crippen molar-refractivity contribution in [3.8, 4) is 22.4 Å². The van der Waals surface area contributed by atoms with Crippen molar-refractivity contribution in [1.29, 1.82) is 0 Å². The van der Waals surface area contributed by atoms with Gasteiger partial charge in [-0.05, 0) is 66.8 Å². The Bertz CT molecular complexity index is 1160. The summed E-state index contributed by atoms with van der Waals surface area (Å²) in [7, 11) is 0. The molecule has 4 heteroatoms. The molecule has 1 aromatic heterocycles. The first-order valence-corrected chi connectivity index (χ1v) is 10.4. The minimum atomic E-state index is -0.151. The Kier molecular flexibility index (Phi) is 5.28. The molecule has 29 heavy (non-hydrogen) atoms. The summed E-state index contributed by atoms with van der Waals surface area (Å²) in [5.41, 5.74) is 8.53. The van der Waals surface area contributed by atoms with Gasteiger partial charge in [-0.1, -0.05) is 48.5 Å². The van der Waals surface area contributed by atoms with Crippen molar-refractivity contribution in [1.82, 2.24) is 4.98 Å². The van der Waals surface area contributed by atoms with Gasteiger partial charge >= 0.3 is 0 Å². The second-order valence-electron chi connectivity index (χ2n) is 7.19. The molecule has 0 saturated heterocycles. The van der Waals surface area contributed by atoms with Crippen LogP contribution in [0.15, 0.2) is 72.1 Å². The highest BCUT2D eigenvalue weighted by molar-refractivity contribution is 7.14. The van der Waals surface area contributed by atoms with Crippen LogP contribution in [-0.4, -0.2) is 10.9 Å². The van der Waals surface area contributed by atoms with Crippen molar-refractivity contribution in [2.75, 3.05) is 5.32 Å². The van der Waals surface area contributed by atoms with Crippen LogP contribution in [0, 0.1) is 20.8 Å². The molecule has 0 atom stereocenters. The Balaban J connectivity index is 1.50. The Morgan fingerprint density at radius 1 is 0.828 bits per heavy atom. The van der Waals surface area contributed by atoms with Gasteiger partial charge in [0.15, 0.2) is 5.13 Å². The van der Waals surface area contributed by atoms with E-state index in [4.69, 9.17) is 0 Å². The maximum atomic E-state index is 12.6. The number of thiazole rings is 1. The molecule has 0 aliphatic rings. The zero-order valence-electron chi connectivity index (χ0n) is 16.7. The smallest absolute Gasteiger partial charge is 0.257 e. The molecule has 0 aliphatic heterocycles. The molecule has 4 aromatic rings. The highest BCUT2D eigenvalue weighted by Gasteiger charge is 2.12. The number of anilines is 1. The molecule has 0 radical (unpaired) electrons. The molecule has 0 saturated carbocycles. The fourth-order valence-electron chi connectivity index (χ4n) is 3.31. The van der Waals surface area contributed by atoms with Crippen molar-refractivity contribution in [3.05, 3.63) is 94.4 Å². The first-order chi connectivity index (χ1) is 14.0. The van der Waals surface area contributed by atoms with E-state index < -0.39 is 0 Å². The lowest BCUT2D eigenvalue weighted by Gasteiger charge is -2.07. The van der Waals surface area contributed by atoms with Gasteiger partial charge in [0.25, 0.3) is 5.91 Å². The number of rotatable bonds is 4. The molecule has 1 amide bonds. The topological polar surface area (TPSA) is 42.0 Å². The SMILES string of the molecule is Cc1cc(C)c(-c2csc(NC(=O)c3ccc(-c4ccccc4)cc3)n2)cc1C. The molecule has 4 rings (SSSR count). The lowest BCUT2D eigenvalue weighted by atomic mass is 9.99. The van der Waals surface area contributed by atoms with Gasteiger partial charge in [0.05, 0.1) is 5.69 Å². The van der Waals surface area contributed by atoms with Crippen molar-refractivity contribution in [2.24, 2.45) is 0 Å². The zero-order valence-corrected chi connectivity index (χ0v) is 17.5. The fraction of sp³-hybridized carbons (Fsp3) is 0.120. The van der Waals surface area contributed by atoms with Gasteiger partial charge in [-0.15, -0.1) is 11.3 Å². The molecule has 0 unspecified atom stereocenters. The lowest BCUT2D eigenvalue weighted by Crippen LogP contribution is -2.11. The van der Waals surface area contributed by atoms with Crippen molar-refractivity contribution >= 4 is 22.4 Å².